The fraction of sp³-hybridized carbons (Fsp3) is 0.696. The number of rotatable bonds is 5. The van der Waals surface area contributed by atoms with Crippen LogP contribution < -0.4 is 0 Å². The Bertz CT molecular complexity index is 1090. The predicted octanol–water partition coefficient (Wildman–Crippen LogP) is 4.18. The first kappa shape index (κ1) is 23.0. The van der Waals surface area contributed by atoms with Crippen molar-refractivity contribution in [1.29, 1.82) is 0 Å². The molecule has 3 aliphatic rings. The average Bonchev–Trinajstić information content (AvgIpc) is 3.30. The molecular formula is C23H32N4O4S2. The van der Waals surface area contributed by atoms with Crippen molar-refractivity contribution in [3.05, 3.63) is 16.8 Å². The summed E-state index contributed by atoms with van der Waals surface area (Å²) in [6.45, 7) is 4.26. The zero-order valence-corrected chi connectivity index (χ0v) is 20.8. The zero-order chi connectivity index (χ0) is 23.0. The molecule has 0 atom stereocenters. The van der Waals surface area contributed by atoms with E-state index in [0.717, 1.165) is 43.6 Å². The number of carbonyl (C=O) groups excluding carboxylic acids is 1. The van der Waals surface area contributed by atoms with Crippen molar-refractivity contribution >= 4 is 27.3 Å². The van der Waals surface area contributed by atoms with E-state index in [-0.39, 0.29) is 11.8 Å². The molecule has 10 heteroatoms. The first-order chi connectivity index (χ1) is 15.9. The number of piperidine rings is 1. The summed E-state index contributed by atoms with van der Waals surface area (Å²) < 4.78 is 33.8. The average molecular weight is 493 g/mol. The third-order valence-corrected chi connectivity index (χ3v) is 10.5. The Morgan fingerprint density at radius 1 is 1.03 bits per heavy atom. The van der Waals surface area contributed by atoms with Crippen LogP contribution in [0.5, 0.6) is 0 Å². The molecule has 0 aromatic carbocycles. The smallest absolute Gasteiger partial charge is 0.244 e. The van der Waals surface area contributed by atoms with Crippen molar-refractivity contribution in [3.63, 3.8) is 0 Å². The van der Waals surface area contributed by atoms with Crippen molar-refractivity contribution in [3.8, 4) is 10.7 Å². The second kappa shape index (κ2) is 9.46. The van der Waals surface area contributed by atoms with Gasteiger partial charge in [0.2, 0.25) is 27.6 Å². The number of thiophene rings is 1. The van der Waals surface area contributed by atoms with Crippen molar-refractivity contribution in [2.24, 2.45) is 5.92 Å². The van der Waals surface area contributed by atoms with Gasteiger partial charge in [0.15, 0.2) is 0 Å². The number of likely N-dealkylation sites (tertiary alicyclic amines) is 1. The lowest BCUT2D eigenvalue weighted by molar-refractivity contribution is -0.136. The Morgan fingerprint density at radius 2 is 1.73 bits per heavy atom. The largest absolute Gasteiger partial charge is 0.342 e. The van der Waals surface area contributed by atoms with E-state index in [1.165, 1.54) is 34.9 Å². The first-order valence-corrected chi connectivity index (χ1v) is 14.4. The van der Waals surface area contributed by atoms with Gasteiger partial charge in [0.1, 0.15) is 0 Å². The number of hydrogen-bond acceptors (Lipinski definition) is 7. The summed E-state index contributed by atoms with van der Waals surface area (Å²) in [4.78, 5) is 21.2. The van der Waals surface area contributed by atoms with Crippen LogP contribution in [0.25, 0.3) is 10.7 Å². The summed E-state index contributed by atoms with van der Waals surface area (Å²) in [5.74, 6) is 1.60. The molecule has 0 unspecified atom stereocenters. The Hall–Kier alpha value is -1.78. The summed E-state index contributed by atoms with van der Waals surface area (Å²) in [7, 11) is -3.63. The van der Waals surface area contributed by atoms with Crippen molar-refractivity contribution < 1.29 is 17.7 Å². The van der Waals surface area contributed by atoms with Gasteiger partial charge in [0.05, 0.1) is 9.77 Å². The van der Waals surface area contributed by atoms with Crippen LogP contribution in [0.4, 0.5) is 0 Å². The molecule has 0 radical (unpaired) electrons. The summed E-state index contributed by atoms with van der Waals surface area (Å²) in [5, 5.41) is 4.09. The van der Waals surface area contributed by atoms with Gasteiger partial charge in [-0.3, -0.25) is 4.79 Å². The van der Waals surface area contributed by atoms with Crippen LogP contribution in [0.2, 0.25) is 0 Å². The number of aryl methyl sites for hydroxylation is 1. The van der Waals surface area contributed by atoms with E-state index in [2.05, 4.69) is 10.1 Å². The van der Waals surface area contributed by atoms with E-state index in [0.29, 0.717) is 53.3 Å². The molecular weight excluding hydrogens is 460 g/mol. The summed E-state index contributed by atoms with van der Waals surface area (Å²) in [6, 6.07) is 1.68. The van der Waals surface area contributed by atoms with Gasteiger partial charge >= 0.3 is 0 Å². The van der Waals surface area contributed by atoms with Crippen LogP contribution >= 0.6 is 11.3 Å². The van der Waals surface area contributed by atoms with Gasteiger partial charge in [-0.2, -0.15) is 9.29 Å². The number of carbonyl (C=O) groups is 1. The van der Waals surface area contributed by atoms with E-state index in [9.17, 15) is 13.2 Å². The van der Waals surface area contributed by atoms with Crippen LogP contribution in [-0.2, 0) is 14.8 Å². The maximum atomic E-state index is 13.4. The number of aromatic nitrogens is 2. The van der Waals surface area contributed by atoms with Gasteiger partial charge in [-0.25, -0.2) is 8.42 Å². The molecule has 33 heavy (non-hydrogen) atoms. The molecule has 2 aromatic rings. The van der Waals surface area contributed by atoms with E-state index in [1.807, 2.05) is 11.8 Å². The highest BCUT2D eigenvalue weighted by molar-refractivity contribution is 7.89. The van der Waals surface area contributed by atoms with E-state index in [1.54, 1.807) is 6.07 Å². The van der Waals surface area contributed by atoms with Gasteiger partial charge in [-0.1, -0.05) is 24.4 Å². The fourth-order valence-electron chi connectivity index (χ4n) is 5.02. The van der Waals surface area contributed by atoms with Gasteiger partial charge < -0.3 is 9.42 Å². The lowest BCUT2D eigenvalue weighted by Crippen LogP contribution is -2.44. The molecule has 1 saturated carbocycles. The molecule has 2 aliphatic heterocycles. The Morgan fingerprint density at radius 3 is 2.36 bits per heavy atom. The minimum atomic E-state index is -3.63. The van der Waals surface area contributed by atoms with Crippen LogP contribution in [0, 0.1) is 12.8 Å². The monoisotopic (exact) mass is 492 g/mol. The highest BCUT2D eigenvalue weighted by Gasteiger charge is 2.35. The standard InChI is InChI=1S/C23H32N4O4S2/c1-16-20(15-19(32-16)21-24-22(31-25-21)17-7-6-8-17)33(29,30)27-13-9-18(10-14-27)23(28)26-11-4-2-3-5-12-26/h15,17-18H,2-14H2,1H3. The molecule has 0 N–H and O–H groups in total. The summed E-state index contributed by atoms with van der Waals surface area (Å²) in [5.41, 5.74) is 0. The molecule has 3 fully saturated rings. The number of amides is 1. The Labute approximate surface area is 199 Å². The molecule has 1 amide bonds. The summed E-state index contributed by atoms with van der Waals surface area (Å²) in [6.07, 6.45) is 9.01. The van der Waals surface area contributed by atoms with Gasteiger partial charge in [0, 0.05) is 42.9 Å². The van der Waals surface area contributed by atoms with Gasteiger partial charge in [-0.05, 0) is 51.5 Å². The first-order valence-electron chi connectivity index (χ1n) is 12.2. The molecule has 2 saturated heterocycles. The van der Waals surface area contributed by atoms with Crippen LogP contribution in [0.15, 0.2) is 15.5 Å². The van der Waals surface area contributed by atoms with E-state index in [4.69, 9.17) is 4.52 Å². The minimum absolute atomic E-state index is 0.0714. The molecule has 4 heterocycles. The maximum Gasteiger partial charge on any atom is 0.244 e. The van der Waals surface area contributed by atoms with Crippen LogP contribution in [-0.4, -0.2) is 59.8 Å². The highest BCUT2D eigenvalue weighted by atomic mass is 32.2. The third-order valence-electron chi connectivity index (χ3n) is 7.33. The summed E-state index contributed by atoms with van der Waals surface area (Å²) >= 11 is 1.38. The molecule has 0 spiro atoms. The number of sulfonamides is 1. The lowest BCUT2D eigenvalue weighted by Gasteiger charge is -2.33. The van der Waals surface area contributed by atoms with Gasteiger partial charge in [-0.15, -0.1) is 11.3 Å². The number of nitrogens with zero attached hydrogens (tertiary/aromatic N) is 4. The molecule has 1 aliphatic carbocycles. The minimum Gasteiger partial charge on any atom is -0.342 e. The van der Waals surface area contributed by atoms with E-state index >= 15 is 0 Å². The second-order valence-electron chi connectivity index (χ2n) is 9.53. The zero-order valence-electron chi connectivity index (χ0n) is 19.2. The van der Waals surface area contributed by atoms with E-state index < -0.39 is 10.0 Å². The molecule has 5 rings (SSSR count). The normalized spacial score (nSPS) is 21.7. The maximum absolute atomic E-state index is 13.4. The second-order valence-corrected chi connectivity index (χ2v) is 12.7. The van der Waals surface area contributed by atoms with Crippen LogP contribution in [0.3, 0.4) is 0 Å². The quantitative estimate of drug-likeness (QED) is 0.621. The fourth-order valence-corrected chi connectivity index (χ4v) is 7.98. The third kappa shape index (κ3) is 4.61. The lowest BCUT2D eigenvalue weighted by atomic mass is 9.85. The molecule has 180 valence electrons. The highest BCUT2D eigenvalue weighted by Crippen LogP contribution is 2.38. The topological polar surface area (TPSA) is 96.6 Å². The molecule has 2 aromatic heterocycles. The Balaban J connectivity index is 1.25. The number of hydrogen-bond donors (Lipinski definition) is 0. The SMILES string of the molecule is Cc1sc(-c2noc(C3CCC3)n2)cc1S(=O)(=O)N1CCC(C(=O)N2CCCCCC2)CC1. The molecule has 0 bridgehead atoms. The van der Waals surface area contributed by atoms with Crippen molar-refractivity contribution in [2.45, 2.75) is 75.5 Å². The van der Waals surface area contributed by atoms with Gasteiger partial charge in [0.25, 0.3) is 0 Å². The predicted molar refractivity (Wildman–Crippen MR) is 125 cm³/mol. The van der Waals surface area contributed by atoms with Crippen LogP contribution in [0.1, 0.15) is 74.5 Å². The molecule has 8 nitrogen and oxygen atoms in total. The van der Waals surface area contributed by atoms with Crippen molar-refractivity contribution in [1.82, 2.24) is 19.3 Å². The van der Waals surface area contributed by atoms with Crippen molar-refractivity contribution in [2.75, 3.05) is 26.2 Å². The Kier molecular flexibility index (Phi) is 6.59.